The van der Waals surface area contributed by atoms with Crippen molar-refractivity contribution in [2.75, 3.05) is 0 Å². The molecule has 0 radical (unpaired) electrons. The molecule has 1 heteroatoms. The first-order valence-corrected chi connectivity index (χ1v) is 6.21. The second-order valence-corrected chi connectivity index (χ2v) is 6.79. The van der Waals surface area contributed by atoms with E-state index in [-0.39, 0.29) is 0 Å². The monoisotopic (exact) mass is 132 g/mol. The average Bonchev–Trinajstić information content (AvgIpc) is 1.83. The van der Waals surface area contributed by atoms with Gasteiger partial charge < -0.3 is 0 Å². The summed E-state index contributed by atoms with van der Waals surface area (Å²) in [5, 5.41) is 0. The highest BCUT2D eigenvalue weighted by Gasteiger charge is 2.22. The molecule has 0 aromatic carbocycles. The fourth-order valence-electron chi connectivity index (χ4n) is 0.953. The molecule has 1 aliphatic heterocycles. The van der Waals surface area contributed by atoms with Crippen molar-refractivity contribution in [2.24, 2.45) is 0 Å². The molecule has 0 aliphatic carbocycles. The van der Waals surface area contributed by atoms with Gasteiger partial charge in [-0.1, -0.05) is 44.3 Å². The Labute approximate surface area is 58.9 Å². The molecule has 0 atom stereocenters. The molecule has 1 saturated heterocycles. The van der Waals surface area contributed by atoms with Crippen molar-refractivity contribution in [1.29, 1.82) is 0 Å². The molecule has 1 heterocycles. The van der Waals surface area contributed by atoms with Gasteiger partial charge in [0.1, 0.15) is 0 Å². The van der Waals surface area contributed by atoms with Crippen molar-refractivity contribution in [3.63, 3.8) is 0 Å². The van der Waals surface area contributed by atoms with E-state index in [1.807, 2.05) is 13.1 Å². The number of hydrogen-bond donors (Lipinski definition) is 0. The smallest absolute Gasteiger partial charge is 0.0473 e. The summed E-state index contributed by atoms with van der Waals surface area (Å²) >= 11 is 0. The van der Waals surface area contributed by atoms with Crippen LogP contribution in [0.5, 0.6) is 0 Å². The summed E-state index contributed by atoms with van der Waals surface area (Å²) in [6, 6.07) is 0. The topological polar surface area (TPSA) is 0 Å². The lowest BCUT2D eigenvalue weighted by Gasteiger charge is -2.26. The molecule has 1 fully saturated rings. The predicted octanol–water partition coefficient (Wildman–Crippen LogP) is 2.88. The van der Waals surface area contributed by atoms with Crippen LogP contribution in [-0.2, 0) is 0 Å². The summed E-state index contributed by atoms with van der Waals surface area (Å²) in [5.74, 6) is -2.45. The first-order valence-electron chi connectivity index (χ1n) is 5.21. The second kappa shape index (κ2) is 2.22. The van der Waals surface area contributed by atoms with Crippen molar-refractivity contribution in [2.45, 2.75) is 44.3 Å². The van der Waals surface area contributed by atoms with Crippen LogP contribution in [0.1, 0.15) is 24.7 Å². The van der Waals surface area contributed by atoms with E-state index in [4.69, 9.17) is 5.48 Å². The number of rotatable bonds is 0. The van der Waals surface area contributed by atoms with E-state index in [2.05, 4.69) is 0 Å². The summed E-state index contributed by atoms with van der Waals surface area (Å²) in [4.78, 5) is 0. The molecule has 0 spiro atoms. The van der Waals surface area contributed by atoms with E-state index in [0.29, 0.717) is 19.3 Å². The van der Waals surface area contributed by atoms with Crippen LogP contribution in [0.25, 0.3) is 0 Å². The van der Waals surface area contributed by atoms with Crippen LogP contribution in [-0.4, -0.2) is 8.07 Å². The van der Waals surface area contributed by atoms with Gasteiger partial charge in [0.2, 0.25) is 0 Å². The zero-order valence-corrected chi connectivity index (χ0v) is 6.62. The van der Waals surface area contributed by atoms with Gasteiger partial charge in [0.15, 0.2) is 0 Å². The van der Waals surface area contributed by atoms with Crippen molar-refractivity contribution in [3.05, 3.63) is 0 Å². The Kier molecular flexibility index (Phi) is 0.795. The van der Waals surface area contributed by atoms with Crippen molar-refractivity contribution in [1.82, 2.24) is 0 Å². The fourth-order valence-corrected chi connectivity index (χ4v) is 2.68. The maximum atomic E-state index is 7.77. The molecule has 0 aromatic heterocycles. The van der Waals surface area contributed by atoms with Crippen molar-refractivity contribution >= 4 is 8.07 Å². The second-order valence-electron chi connectivity index (χ2n) is 2.83. The van der Waals surface area contributed by atoms with Gasteiger partial charge in [0.05, 0.1) is 0 Å². The zero-order chi connectivity index (χ0) is 9.62. The molecule has 0 nitrogen and oxygen atoms in total. The maximum absolute atomic E-state index is 7.77. The van der Waals surface area contributed by atoms with Crippen LogP contribution in [0.4, 0.5) is 0 Å². The highest BCUT2D eigenvalue weighted by molar-refractivity contribution is 6.77. The van der Waals surface area contributed by atoms with Crippen molar-refractivity contribution in [3.8, 4) is 0 Å². The summed E-state index contributed by atoms with van der Waals surface area (Å²) < 4.78 is 31.1. The molecular weight excluding hydrogens is 112 g/mol. The standard InChI is InChI=1S/C7H16Si/c1-8(2)6-4-3-5-7-8/h3-7H2,1-2H3/i6D2,7D2. The van der Waals surface area contributed by atoms with Gasteiger partial charge in [0, 0.05) is 13.6 Å². The average molecular weight is 132 g/mol. The first kappa shape index (κ1) is 2.87. The summed E-state index contributed by atoms with van der Waals surface area (Å²) in [5.41, 5.74) is 0. The largest absolute Gasteiger partial charge is 0.0693 e. The quantitative estimate of drug-likeness (QED) is 0.445. The van der Waals surface area contributed by atoms with Gasteiger partial charge in [-0.3, -0.25) is 0 Å². The molecule has 1 rings (SSSR count). The Morgan fingerprint density at radius 2 is 1.62 bits per heavy atom. The van der Waals surface area contributed by atoms with Gasteiger partial charge in [-0.15, -0.1) is 0 Å². The Bertz CT molecular complexity index is 170. The third kappa shape index (κ3) is 1.62. The summed E-state index contributed by atoms with van der Waals surface area (Å²) in [6.07, 6.45) is 1.79. The van der Waals surface area contributed by atoms with Crippen LogP contribution >= 0.6 is 0 Å². The first-order chi connectivity index (χ1) is 5.21. The third-order valence-corrected chi connectivity index (χ3v) is 3.76. The Hall–Kier alpha value is 0.217. The van der Waals surface area contributed by atoms with E-state index in [0.717, 1.165) is 0 Å². The molecule has 0 unspecified atom stereocenters. The maximum Gasteiger partial charge on any atom is 0.0473 e. The fraction of sp³-hybridized carbons (Fsp3) is 1.00. The molecule has 0 aromatic rings. The molecule has 0 amide bonds. The van der Waals surface area contributed by atoms with Crippen LogP contribution in [0.3, 0.4) is 0 Å². The van der Waals surface area contributed by atoms with E-state index < -0.39 is 20.1 Å². The lowest BCUT2D eigenvalue weighted by Crippen LogP contribution is -2.27. The molecule has 0 bridgehead atoms. The van der Waals surface area contributed by atoms with Gasteiger partial charge in [-0.05, 0) is 0 Å². The van der Waals surface area contributed by atoms with Gasteiger partial charge >= 0.3 is 0 Å². The molecule has 1 aliphatic rings. The van der Waals surface area contributed by atoms with E-state index in [1.165, 1.54) is 0 Å². The lowest BCUT2D eigenvalue weighted by atomic mass is 10.3. The van der Waals surface area contributed by atoms with Crippen molar-refractivity contribution < 1.29 is 5.48 Å². The molecule has 0 N–H and O–H groups in total. The van der Waals surface area contributed by atoms with Gasteiger partial charge in [-0.25, -0.2) is 0 Å². The molecule has 48 valence electrons. The lowest BCUT2D eigenvalue weighted by molar-refractivity contribution is 0.713. The normalized spacial score (nSPS) is 47.8. The molecule has 8 heavy (non-hydrogen) atoms. The van der Waals surface area contributed by atoms with E-state index in [9.17, 15) is 0 Å². The van der Waals surface area contributed by atoms with Gasteiger partial charge in [0.25, 0.3) is 0 Å². The van der Waals surface area contributed by atoms with Crippen LogP contribution in [0.2, 0.25) is 25.1 Å². The Morgan fingerprint density at radius 3 is 2.00 bits per heavy atom. The minimum atomic E-state index is -2.38. The highest BCUT2D eigenvalue weighted by Crippen LogP contribution is 2.27. The van der Waals surface area contributed by atoms with Crippen LogP contribution < -0.4 is 0 Å². The minimum Gasteiger partial charge on any atom is -0.0693 e. The van der Waals surface area contributed by atoms with Gasteiger partial charge in [-0.2, -0.15) is 0 Å². The molecule has 0 saturated carbocycles. The summed E-state index contributed by atoms with van der Waals surface area (Å²) in [7, 11) is -2.38. The minimum absolute atomic E-state index is 0.547. The Morgan fingerprint density at radius 1 is 1.12 bits per heavy atom. The van der Waals surface area contributed by atoms with E-state index >= 15 is 0 Å². The van der Waals surface area contributed by atoms with E-state index in [1.54, 1.807) is 0 Å². The predicted molar refractivity (Wildman–Crippen MR) is 40.9 cm³/mol. The summed E-state index contributed by atoms with van der Waals surface area (Å²) in [6.45, 7) is 3.65. The van der Waals surface area contributed by atoms with Crippen LogP contribution in [0, 0.1) is 0 Å². The van der Waals surface area contributed by atoms with Crippen LogP contribution in [0.15, 0.2) is 0 Å². The third-order valence-electron chi connectivity index (χ3n) is 1.49. The zero-order valence-electron chi connectivity index (χ0n) is 9.62. The SMILES string of the molecule is [2H]C1([2H])CCCC([2H])([2H])[Si]1(C)C. The Balaban J connectivity index is 2.99. The number of hydrogen-bond acceptors (Lipinski definition) is 0. The molecular formula is C7H16Si. The highest BCUT2D eigenvalue weighted by atomic mass is 28.3.